The van der Waals surface area contributed by atoms with Gasteiger partial charge in [0, 0.05) is 16.6 Å². The number of thiazole rings is 1. The van der Waals surface area contributed by atoms with E-state index in [0.29, 0.717) is 5.92 Å². The zero-order valence-corrected chi connectivity index (χ0v) is 9.92. The van der Waals surface area contributed by atoms with Crippen LogP contribution >= 0.6 is 11.3 Å². The van der Waals surface area contributed by atoms with Gasteiger partial charge in [0.05, 0.1) is 0 Å². The monoisotopic (exact) mass is 217 g/mol. The fraction of sp³-hybridized carbons (Fsp3) is 0.308. The smallest absolute Gasteiger partial charge is 0.123 e. The quantitative estimate of drug-likeness (QED) is 0.757. The minimum absolute atomic E-state index is 0.703. The Morgan fingerprint density at radius 1 is 1.20 bits per heavy atom. The highest BCUT2D eigenvalue weighted by Crippen LogP contribution is 2.26. The molecule has 0 amide bonds. The maximum absolute atomic E-state index is 4.46. The van der Waals surface area contributed by atoms with Gasteiger partial charge in [-0.05, 0) is 12.3 Å². The molecular weight excluding hydrogens is 202 g/mol. The molecule has 15 heavy (non-hydrogen) atoms. The Hall–Kier alpha value is -1.15. The van der Waals surface area contributed by atoms with E-state index < -0.39 is 0 Å². The Kier molecular flexibility index (Phi) is 3.17. The molecule has 78 valence electrons. The first-order valence-electron chi connectivity index (χ1n) is 5.26. The van der Waals surface area contributed by atoms with Crippen LogP contribution in [0, 0.1) is 5.92 Å². The largest absolute Gasteiger partial charge is 0.244 e. The Morgan fingerprint density at radius 3 is 2.60 bits per heavy atom. The molecule has 0 unspecified atom stereocenters. The Bertz CT molecular complexity index is 417. The van der Waals surface area contributed by atoms with Crippen molar-refractivity contribution in [1.29, 1.82) is 0 Å². The minimum Gasteiger partial charge on any atom is -0.244 e. The van der Waals surface area contributed by atoms with Crippen LogP contribution in [0.4, 0.5) is 0 Å². The van der Waals surface area contributed by atoms with E-state index in [-0.39, 0.29) is 0 Å². The third-order valence-electron chi connectivity index (χ3n) is 2.18. The van der Waals surface area contributed by atoms with Gasteiger partial charge in [-0.25, -0.2) is 4.98 Å². The number of rotatable bonds is 3. The van der Waals surface area contributed by atoms with Crippen molar-refractivity contribution in [3.63, 3.8) is 0 Å². The van der Waals surface area contributed by atoms with E-state index in [1.54, 1.807) is 11.3 Å². The summed E-state index contributed by atoms with van der Waals surface area (Å²) in [4.78, 5) is 5.84. The van der Waals surface area contributed by atoms with E-state index in [4.69, 9.17) is 0 Å². The van der Waals surface area contributed by atoms with Crippen LogP contribution in [-0.4, -0.2) is 4.98 Å². The average Bonchev–Trinajstić information content (AvgIpc) is 2.67. The maximum Gasteiger partial charge on any atom is 0.123 e. The second-order valence-electron chi connectivity index (χ2n) is 4.10. The summed E-state index contributed by atoms with van der Waals surface area (Å²) in [5.74, 6) is 0.703. The van der Waals surface area contributed by atoms with Crippen molar-refractivity contribution in [2.75, 3.05) is 0 Å². The topological polar surface area (TPSA) is 12.9 Å². The lowest BCUT2D eigenvalue weighted by atomic mass is 10.1. The number of hydrogen-bond donors (Lipinski definition) is 0. The van der Waals surface area contributed by atoms with Crippen molar-refractivity contribution in [3.8, 4) is 10.6 Å². The zero-order chi connectivity index (χ0) is 10.7. The molecule has 0 aliphatic rings. The Balaban J connectivity index is 2.21. The normalized spacial score (nSPS) is 10.9. The van der Waals surface area contributed by atoms with Gasteiger partial charge in [-0.1, -0.05) is 44.2 Å². The second-order valence-corrected chi connectivity index (χ2v) is 5.21. The van der Waals surface area contributed by atoms with Gasteiger partial charge >= 0.3 is 0 Å². The highest BCUT2D eigenvalue weighted by atomic mass is 32.1. The second kappa shape index (κ2) is 4.58. The third-order valence-corrected chi connectivity index (χ3v) is 3.25. The number of benzene rings is 1. The molecule has 1 aromatic carbocycles. The summed E-state index contributed by atoms with van der Waals surface area (Å²) < 4.78 is 0. The van der Waals surface area contributed by atoms with E-state index in [1.807, 2.05) is 12.3 Å². The van der Waals surface area contributed by atoms with E-state index in [9.17, 15) is 0 Å². The average molecular weight is 217 g/mol. The summed E-state index contributed by atoms with van der Waals surface area (Å²) >= 11 is 1.80. The Morgan fingerprint density at radius 2 is 1.93 bits per heavy atom. The summed E-state index contributed by atoms with van der Waals surface area (Å²) in [5.41, 5.74) is 1.22. The summed E-state index contributed by atoms with van der Waals surface area (Å²) in [7, 11) is 0. The van der Waals surface area contributed by atoms with E-state index in [2.05, 4.69) is 43.1 Å². The lowest BCUT2D eigenvalue weighted by molar-refractivity contribution is 0.653. The molecule has 1 nitrogen and oxygen atoms in total. The van der Waals surface area contributed by atoms with Crippen LogP contribution in [0.1, 0.15) is 18.7 Å². The number of hydrogen-bond acceptors (Lipinski definition) is 2. The molecule has 0 saturated carbocycles. The van der Waals surface area contributed by atoms with Crippen LogP contribution in [0.3, 0.4) is 0 Å². The molecule has 0 aliphatic heterocycles. The standard InChI is InChI=1S/C13H15NS/c1-10(2)8-12-9-14-13(15-12)11-6-4-3-5-7-11/h3-7,9-10H,8H2,1-2H3. The lowest BCUT2D eigenvalue weighted by Gasteiger charge is -1.98. The summed E-state index contributed by atoms with van der Waals surface area (Å²) in [6.45, 7) is 4.48. The molecule has 0 aliphatic carbocycles. The van der Waals surface area contributed by atoms with Crippen molar-refractivity contribution in [3.05, 3.63) is 41.4 Å². The van der Waals surface area contributed by atoms with Gasteiger partial charge in [0.1, 0.15) is 5.01 Å². The van der Waals surface area contributed by atoms with Gasteiger partial charge in [-0.15, -0.1) is 11.3 Å². The molecule has 1 aromatic heterocycles. The van der Waals surface area contributed by atoms with E-state index >= 15 is 0 Å². The number of nitrogens with zero attached hydrogens (tertiary/aromatic N) is 1. The van der Waals surface area contributed by atoms with Gasteiger partial charge in [-0.3, -0.25) is 0 Å². The van der Waals surface area contributed by atoms with Crippen LogP contribution in [-0.2, 0) is 6.42 Å². The van der Waals surface area contributed by atoms with Crippen molar-refractivity contribution in [2.45, 2.75) is 20.3 Å². The van der Waals surface area contributed by atoms with Gasteiger partial charge in [0.2, 0.25) is 0 Å². The molecule has 0 spiro atoms. The molecule has 0 radical (unpaired) electrons. The predicted octanol–water partition coefficient (Wildman–Crippen LogP) is 4.01. The van der Waals surface area contributed by atoms with Crippen LogP contribution < -0.4 is 0 Å². The molecular formula is C13H15NS. The van der Waals surface area contributed by atoms with Crippen LogP contribution in [0.2, 0.25) is 0 Å². The molecule has 0 bridgehead atoms. The van der Waals surface area contributed by atoms with Gasteiger partial charge < -0.3 is 0 Å². The predicted molar refractivity (Wildman–Crippen MR) is 66.1 cm³/mol. The van der Waals surface area contributed by atoms with Crippen LogP contribution in [0.15, 0.2) is 36.5 Å². The highest BCUT2D eigenvalue weighted by molar-refractivity contribution is 7.15. The van der Waals surface area contributed by atoms with Gasteiger partial charge in [0.25, 0.3) is 0 Å². The lowest BCUT2D eigenvalue weighted by Crippen LogP contribution is -1.89. The van der Waals surface area contributed by atoms with E-state index in [0.717, 1.165) is 11.4 Å². The van der Waals surface area contributed by atoms with Gasteiger partial charge in [0.15, 0.2) is 0 Å². The van der Waals surface area contributed by atoms with Crippen LogP contribution in [0.25, 0.3) is 10.6 Å². The molecule has 1 heterocycles. The Labute approximate surface area is 94.8 Å². The number of aromatic nitrogens is 1. The van der Waals surface area contributed by atoms with Crippen LogP contribution in [0.5, 0.6) is 0 Å². The first-order chi connectivity index (χ1) is 7.25. The fourth-order valence-corrected chi connectivity index (χ4v) is 2.65. The van der Waals surface area contributed by atoms with Crippen molar-refractivity contribution in [1.82, 2.24) is 4.98 Å². The fourth-order valence-electron chi connectivity index (χ4n) is 1.52. The molecule has 0 fully saturated rings. The third kappa shape index (κ3) is 2.66. The van der Waals surface area contributed by atoms with Crippen molar-refractivity contribution < 1.29 is 0 Å². The SMILES string of the molecule is CC(C)Cc1cnc(-c2ccccc2)s1. The molecule has 2 heteroatoms. The summed E-state index contributed by atoms with van der Waals surface area (Å²) in [6.07, 6.45) is 3.14. The first kappa shape index (κ1) is 10.4. The van der Waals surface area contributed by atoms with Gasteiger partial charge in [-0.2, -0.15) is 0 Å². The molecule has 0 atom stereocenters. The zero-order valence-electron chi connectivity index (χ0n) is 9.10. The first-order valence-corrected chi connectivity index (χ1v) is 6.07. The highest BCUT2D eigenvalue weighted by Gasteiger charge is 2.05. The summed E-state index contributed by atoms with van der Waals surface area (Å²) in [5, 5.41) is 1.13. The van der Waals surface area contributed by atoms with E-state index in [1.165, 1.54) is 10.4 Å². The summed E-state index contributed by atoms with van der Waals surface area (Å²) in [6, 6.07) is 10.4. The molecule has 0 saturated heterocycles. The maximum atomic E-state index is 4.46. The van der Waals surface area contributed by atoms with Crippen molar-refractivity contribution >= 4 is 11.3 Å². The molecule has 2 aromatic rings. The van der Waals surface area contributed by atoms with Crippen molar-refractivity contribution in [2.24, 2.45) is 5.92 Å². The molecule has 2 rings (SSSR count). The minimum atomic E-state index is 0.703. The molecule has 0 N–H and O–H groups in total.